The topological polar surface area (TPSA) is 34.1 Å². The van der Waals surface area contributed by atoms with E-state index in [1.54, 1.807) is 0 Å². The van der Waals surface area contributed by atoms with Crippen LogP contribution in [0.5, 0.6) is 0 Å². The molecule has 0 aliphatic heterocycles. The second kappa shape index (κ2) is 15.0. The molecule has 0 radical (unpaired) electrons. The Morgan fingerprint density at radius 1 is 0.605 bits per heavy atom. The smallest absolute Gasteiger partial charge is 0.159 e. The molecule has 0 spiro atoms. The van der Waals surface area contributed by atoms with Crippen molar-refractivity contribution in [3.63, 3.8) is 0 Å². The fraction of sp³-hybridized carbons (Fsp3) is 0.833. The zero-order valence-electron chi connectivity index (χ0n) is 26.9. The first-order valence-electron chi connectivity index (χ1n) is 16.3. The molecular formula is C36H62O2. The van der Waals surface area contributed by atoms with E-state index in [1.807, 2.05) is 0 Å². The molecule has 0 heterocycles. The first-order chi connectivity index (χ1) is 17.8. The van der Waals surface area contributed by atoms with Gasteiger partial charge in [0.05, 0.1) is 0 Å². The van der Waals surface area contributed by atoms with Crippen LogP contribution in [0, 0.1) is 28.6 Å². The number of allylic oxidation sites excluding steroid dienone is 4. The molecule has 0 aromatic carbocycles. The number of hydrogen-bond donors (Lipinski definition) is 0. The van der Waals surface area contributed by atoms with Crippen LogP contribution in [0.25, 0.3) is 0 Å². The Hall–Kier alpha value is -1.18. The SMILES string of the molecule is CCC1=C(CCCCCCC2(C)CC(=O)C(CC(C)C)=C(CCC(C)C)C2)CC(C)(CCC(C)C)CC1=O. The lowest BCUT2D eigenvalue weighted by Crippen LogP contribution is -2.29. The Kier molecular flexibility index (Phi) is 13.0. The highest BCUT2D eigenvalue weighted by atomic mass is 16.1. The molecule has 0 N–H and O–H groups in total. The zero-order valence-corrected chi connectivity index (χ0v) is 26.9. The number of hydrogen-bond acceptors (Lipinski definition) is 2. The molecule has 0 bridgehead atoms. The van der Waals surface area contributed by atoms with Crippen LogP contribution in [-0.4, -0.2) is 11.6 Å². The van der Waals surface area contributed by atoms with E-state index in [0.29, 0.717) is 29.3 Å². The molecule has 0 aromatic heterocycles. The van der Waals surface area contributed by atoms with Crippen molar-refractivity contribution in [3.05, 3.63) is 22.3 Å². The largest absolute Gasteiger partial charge is 0.295 e. The van der Waals surface area contributed by atoms with Crippen molar-refractivity contribution in [1.82, 2.24) is 0 Å². The van der Waals surface area contributed by atoms with Gasteiger partial charge < -0.3 is 0 Å². The maximum absolute atomic E-state index is 13.2. The molecule has 2 rings (SSSR count). The van der Waals surface area contributed by atoms with Crippen molar-refractivity contribution in [1.29, 1.82) is 0 Å². The minimum absolute atomic E-state index is 0.135. The minimum Gasteiger partial charge on any atom is -0.295 e. The van der Waals surface area contributed by atoms with Gasteiger partial charge in [0.25, 0.3) is 0 Å². The number of carbonyl (C=O) groups excluding carboxylic acids is 2. The van der Waals surface area contributed by atoms with E-state index in [0.717, 1.165) is 63.4 Å². The van der Waals surface area contributed by atoms with E-state index in [9.17, 15) is 9.59 Å². The Bertz CT molecular complexity index is 855. The molecule has 0 fully saturated rings. The van der Waals surface area contributed by atoms with E-state index < -0.39 is 0 Å². The molecule has 2 aliphatic carbocycles. The predicted molar refractivity (Wildman–Crippen MR) is 164 cm³/mol. The lowest BCUT2D eigenvalue weighted by molar-refractivity contribution is -0.119. The van der Waals surface area contributed by atoms with Gasteiger partial charge in [0, 0.05) is 12.8 Å². The molecule has 2 nitrogen and oxygen atoms in total. The molecule has 2 aliphatic rings. The lowest BCUT2D eigenvalue weighted by Gasteiger charge is -2.37. The summed E-state index contributed by atoms with van der Waals surface area (Å²) in [6.07, 6.45) is 17.4. The van der Waals surface area contributed by atoms with Crippen LogP contribution in [0.1, 0.15) is 165 Å². The number of ketones is 2. The molecule has 2 heteroatoms. The summed E-state index contributed by atoms with van der Waals surface area (Å²) in [5.74, 6) is 2.79. The van der Waals surface area contributed by atoms with Gasteiger partial charge in [-0.2, -0.15) is 0 Å². The van der Waals surface area contributed by atoms with Crippen LogP contribution in [0.2, 0.25) is 0 Å². The molecule has 38 heavy (non-hydrogen) atoms. The van der Waals surface area contributed by atoms with E-state index >= 15 is 0 Å². The third-order valence-electron chi connectivity index (χ3n) is 9.31. The van der Waals surface area contributed by atoms with Gasteiger partial charge in [0.1, 0.15) is 0 Å². The summed E-state index contributed by atoms with van der Waals surface area (Å²) in [6, 6.07) is 0. The van der Waals surface area contributed by atoms with Crippen molar-refractivity contribution in [2.24, 2.45) is 28.6 Å². The number of rotatable bonds is 16. The molecule has 0 saturated heterocycles. The fourth-order valence-electron chi connectivity index (χ4n) is 7.04. The molecule has 2 atom stereocenters. The number of unbranched alkanes of at least 4 members (excludes halogenated alkanes) is 3. The van der Waals surface area contributed by atoms with Crippen LogP contribution in [0.15, 0.2) is 22.3 Å². The Morgan fingerprint density at radius 2 is 1.13 bits per heavy atom. The standard InChI is InChI=1S/C36H62O2/c1-10-31-29(22-36(9,24-33(31)37)20-18-27(4)5)15-13-11-12-14-19-35(8)23-30(17-16-26(2)3)32(21-28(6)7)34(38)25-35/h26-28H,10-25H2,1-9H3. The van der Waals surface area contributed by atoms with Crippen LogP contribution in [-0.2, 0) is 9.59 Å². The highest BCUT2D eigenvalue weighted by molar-refractivity contribution is 5.98. The van der Waals surface area contributed by atoms with Gasteiger partial charge in [-0.15, -0.1) is 0 Å². The van der Waals surface area contributed by atoms with Crippen LogP contribution >= 0.6 is 0 Å². The van der Waals surface area contributed by atoms with Crippen molar-refractivity contribution in [2.75, 3.05) is 0 Å². The maximum Gasteiger partial charge on any atom is 0.159 e. The van der Waals surface area contributed by atoms with Gasteiger partial charge >= 0.3 is 0 Å². The van der Waals surface area contributed by atoms with Gasteiger partial charge in [-0.05, 0) is 104 Å². The lowest BCUT2D eigenvalue weighted by atomic mass is 9.67. The molecule has 0 saturated carbocycles. The van der Waals surface area contributed by atoms with Crippen LogP contribution in [0.4, 0.5) is 0 Å². The van der Waals surface area contributed by atoms with E-state index in [4.69, 9.17) is 0 Å². The summed E-state index contributed by atoms with van der Waals surface area (Å²) >= 11 is 0. The van der Waals surface area contributed by atoms with Crippen LogP contribution < -0.4 is 0 Å². The zero-order chi connectivity index (χ0) is 28.5. The summed E-state index contributed by atoms with van der Waals surface area (Å²) in [6.45, 7) is 20.5. The summed E-state index contributed by atoms with van der Waals surface area (Å²) in [5, 5.41) is 0. The number of Topliss-reactive ketones (excluding diaryl/α,β-unsaturated/α-hetero) is 2. The quantitative estimate of drug-likeness (QED) is 0.187. The minimum atomic E-state index is 0.135. The first kappa shape index (κ1) is 33.0. The molecular weight excluding hydrogens is 464 g/mol. The Balaban J connectivity index is 1.89. The Labute approximate surface area is 236 Å². The van der Waals surface area contributed by atoms with Crippen molar-refractivity contribution >= 4 is 11.6 Å². The van der Waals surface area contributed by atoms with Crippen molar-refractivity contribution in [3.8, 4) is 0 Å². The Morgan fingerprint density at radius 3 is 1.68 bits per heavy atom. The third-order valence-corrected chi connectivity index (χ3v) is 9.31. The monoisotopic (exact) mass is 526 g/mol. The molecule has 0 aromatic rings. The van der Waals surface area contributed by atoms with E-state index in [2.05, 4.69) is 62.3 Å². The van der Waals surface area contributed by atoms with Crippen molar-refractivity contribution < 1.29 is 9.59 Å². The van der Waals surface area contributed by atoms with E-state index in [-0.39, 0.29) is 10.8 Å². The molecule has 2 unspecified atom stereocenters. The van der Waals surface area contributed by atoms with Crippen molar-refractivity contribution in [2.45, 2.75) is 165 Å². The molecule has 218 valence electrons. The van der Waals surface area contributed by atoms with E-state index in [1.165, 1.54) is 61.7 Å². The van der Waals surface area contributed by atoms with Crippen LogP contribution in [0.3, 0.4) is 0 Å². The summed E-state index contributed by atoms with van der Waals surface area (Å²) < 4.78 is 0. The normalized spacial score (nSPS) is 25.1. The van der Waals surface area contributed by atoms with Gasteiger partial charge in [0.2, 0.25) is 0 Å². The van der Waals surface area contributed by atoms with Gasteiger partial charge in [0.15, 0.2) is 11.6 Å². The maximum atomic E-state index is 13.2. The predicted octanol–water partition coefficient (Wildman–Crippen LogP) is 11.0. The van der Waals surface area contributed by atoms with Gasteiger partial charge in [-0.3, -0.25) is 9.59 Å². The van der Waals surface area contributed by atoms with Gasteiger partial charge in [-0.1, -0.05) is 99.1 Å². The summed E-state index contributed by atoms with van der Waals surface area (Å²) in [5.41, 5.74) is 5.58. The highest BCUT2D eigenvalue weighted by Crippen LogP contribution is 2.45. The first-order valence-corrected chi connectivity index (χ1v) is 16.3. The fourth-order valence-corrected chi connectivity index (χ4v) is 7.04. The molecule has 0 amide bonds. The summed E-state index contributed by atoms with van der Waals surface area (Å²) in [4.78, 5) is 26.2. The second-order valence-corrected chi connectivity index (χ2v) is 15.1. The highest BCUT2D eigenvalue weighted by Gasteiger charge is 2.36. The average Bonchev–Trinajstić information content (AvgIpc) is 2.80. The van der Waals surface area contributed by atoms with Gasteiger partial charge in [-0.25, -0.2) is 0 Å². The third kappa shape index (κ3) is 10.4. The average molecular weight is 527 g/mol. The second-order valence-electron chi connectivity index (χ2n) is 15.1. The number of carbonyl (C=O) groups is 2. The summed E-state index contributed by atoms with van der Waals surface area (Å²) in [7, 11) is 0.